The Morgan fingerprint density at radius 1 is 1.43 bits per heavy atom. The van der Waals surface area contributed by atoms with E-state index in [1.54, 1.807) is 27.1 Å². The molecular formula is C9H11FN2O2. The lowest BCUT2D eigenvalue weighted by Gasteiger charge is -2.13. The van der Waals surface area contributed by atoms with E-state index in [4.69, 9.17) is 0 Å². The number of aryl methyl sites for hydroxylation is 1. The lowest BCUT2D eigenvalue weighted by atomic mass is 10.1. The number of benzene rings is 1. The summed E-state index contributed by atoms with van der Waals surface area (Å²) in [7, 11) is 3.28. The molecule has 0 radical (unpaired) electrons. The van der Waals surface area contributed by atoms with Crippen LogP contribution >= 0.6 is 0 Å². The minimum absolute atomic E-state index is 0.285. The van der Waals surface area contributed by atoms with Gasteiger partial charge in [0.25, 0.3) is 0 Å². The molecule has 0 aliphatic rings. The van der Waals surface area contributed by atoms with Gasteiger partial charge in [0, 0.05) is 14.1 Å². The zero-order chi connectivity index (χ0) is 10.9. The average molecular weight is 198 g/mol. The van der Waals surface area contributed by atoms with Crippen molar-refractivity contribution in [2.75, 3.05) is 19.0 Å². The van der Waals surface area contributed by atoms with Crippen LogP contribution in [-0.4, -0.2) is 19.0 Å². The van der Waals surface area contributed by atoms with Crippen LogP contribution in [-0.2, 0) is 0 Å². The molecule has 0 unspecified atom stereocenters. The van der Waals surface area contributed by atoms with Crippen LogP contribution in [0.3, 0.4) is 0 Å². The molecule has 0 spiro atoms. The Labute approximate surface area is 81.1 Å². The molecule has 1 rings (SSSR count). The normalized spacial score (nSPS) is 10.0. The highest BCUT2D eigenvalue weighted by atomic mass is 19.1. The summed E-state index contributed by atoms with van der Waals surface area (Å²) >= 11 is 0. The first-order chi connectivity index (χ1) is 6.43. The molecule has 0 heterocycles. The van der Waals surface area contributed by atoms with E-state index in [1.165, 1.54) is 4.90 Å². The van der Waals surface area contributed by atoms with Gasteiger partial charge in [-0.2, -0.15) is 4.39 Å². The van der Waals surface area contributed by atoms with Gasteiger partial charge in [-0.1, -0.05) is 0 Å². The Bertz CT molecular complexity index is 377. The van der Waals surface area contributed by atoms with Gasteiger partial charge in [0.15, 0.2) is 0 Å². The zero-order valence-corrected chi connectivity index (χ0v) is 8.24. The van der Waals surface area contributed by atoms with Crippen LogP contribution in [0, 0.1) is 22.9 Å². The first-order valence-electron chi connectivity index (χ1n) is 4.05. The largest absolute Gasteiger partial charge is 0.372 e. The molecule has 0 aliphatic carbocycles. The smallest absolute Gasteiger partial charge is 0.327 e. The molecule has 0 saturated carbocycles. The summed E-state index contributed by atoms with van der Waals surface area (Å²) in [5.41, 5.74) is 0.477. The van der Waals surface area contributed by atoms with Crippen LogP contribution in [0.5, 0.6) is 0 Å². The lowest BCUT2D eigenvalue weighted by molar-refractivity contribution is -0.386. The van der Waals surface area contributed by atoms with E-state index in [0.29, 0.717) is 5.56 Å². The Kier molecular flexibility index (Phi) is 2.69. The molecule has 5 heteroatoms. The summed E-state index contributed by atoms with van der Waals surface area (Å²) in [5, 5.41) is 10.6. The van der Waals surface area contributed by atoms with Crippen LogP contribution in [0.2, 0.25) is 0 Å². The second-order valence-electron chi connectivity index (χ2n) is 3.27. The molecule has 0 atom stereocenters. The molecule has 1 aromatic carbocycles. The van der Waals surface area contributed by atoms with Gasteiger partial charge in [0.05, 0.1) is 4.92 Å². The number of nitrogens with zero attached hydrogens (tertiary/aromatic N) is 2. The van der Waals surface area contributed by atoms with Crippen molar-refractivity contribution in [1.29, 1.82) is 0 Å². The molecular weight excluding hydrogens is 187 g/mol. The Balaban J connectivity index is 3.44. The molecule has 0 amide bonds. The summed E-state index contributed by atoms with van der Waals surface area (Å²) in [5.74, 6) is -0.793. The summed E-state index contributed by atoms with van der Waals surface area (Å²) in [6.07, 6.45) is 0. The third-order valence-corrected chi connectivity index (χ3v) is 1.85. The van der Waals surface area contributed by atoms with Gasteiger partial charge in [0.2, 0.25) is 5.82 Å². The van der Waals surface area contributed by atoms with Crippen LogP contribution in [0.1, 0.15) is 5.56 Å². The number of rotatable bonds is 2. The van der Waals surface area contributed by atoms with Crippen molar-refractivity contribution in [3.8, 4) is 0 Å². The Morgan fingerprint density at radius 3 is 2.43 bits per heavy atom. The maximum atomic E-state index is 13.3. The topological polar surface area (TPSA) is 46.4 Å². The fraction of sp³-hybridized carbons (Fsp3) is 0.333. The number of nitro benzene ring substituents is 1. The number of nitro groups is 1. The van der Waals surface area contributed by atoms with Crippen LogP contribution in [0.25, 0.3) is 0 Å². The van der Waals surface area contributed by atoms with Gasteiger partial charge in [-0.15, -0.1) is 0 Å². The van der Waals surface area contributed by atoms with Crippen LogP contribution in [0.4, 0.5) is 15.8 Å². The zero-order valence-electron chi connectivity index (χ0n) is 8.24. The molecule has 0 fully saturated rings. The summed E-state index contributed by atoms with van der Waals surface area (Å²) in [4.78, 5) is 11.4. The Morgan fingerprint density at radius 2 is 2.00 bits per heavy atom. The second kappa shape index (κ2) is 3.61. The van der Waals surface area contributed by atoms with E-state index in [9.17, 15) is 14.5 Å². The van der Waals surface area contributed by atoms with E-state index in [1.807, 2.05) is 0 Å². The molecule has 14 heavy (non-hydrogen) atoms. The van der Waals surface area contributed by atoms with Crippen molar-refractivity contribution < 1.29 is 9.31 Å². The molecule has 0 bridgehead atoms. The van der Waals surface area contributed by atoms with Crippen LogP contribution < -0.4 is 4.90 Å². The highest BCUT2D eigenvalue weighted by Crippen LogP contribution is 2.30. The second-order valence-corrected chi connectivity index (χ2v) is 3.27. The van der Waals surface area contributed by atoms with E-state index >= 15 is 0 Å². The molecule has 1 aromatic rings. The highest BCUT2D eigenvalue weighted by Gasteiger charge is 2.21. The quantitative estimate of drug-likeness (QED) is 0.540. The summed E-state index contributed by atoms with van der Waals surface area (Å²) < 4.78 is 13.3. The predicted octanol–water partition coefficient (Wildman–Crippen LogP) is 2.11. The van der Waals surface area contributed by atoms with Gasteiger partial charge in [-0.25, -0.2) is 0 Å². The maximum Gasteiger partial charge on any atom is 0.327 e. The molecule has 0 N–H and O–H groups in total. The van der Waals surface area contributed by atoms with Crippen molar-refractivity contribution in [3.05, 3.63) is 33.6 Å². The van der Waals surface area contributed by atoms with Gasteiger partial charge in [-0.3, -0.25) is 10.1 Å². The van der Waals surface area contributed by atoms with E-state index in [0.717, 1.165) is 6.07 Å². The van der Waals surface area contributed by atoms with Crippen molar-refractivity contribution >= 4 is 11.4 Å². The molecule has 76 valence electrons. The summed E-state index contributed by atoms with van der Waals surface area (Å²) in [6, 6.07) is 2.74. The molecule has 4 nitrogen and oxygen atoms in total. The van der Waals surface area contributed by atoms with Crippen LogP contribution in [0.15, 0.2) is 12.1 Å². The molecule has 0 aromatic heterocycles. The van der Waals surface area contributed by atoms with Crippen molar-refractivity contribution in [1.82, 2.24) is 0 Å². The maximum absolute atomic E-state index is 13.3. The lowest BCUT2D eigenvalue weighted by Crippen LogP contribution is -2.12. The van der Waals surface area contributed by atoms with Crippen molar-refractivity contribution in [3.63, 3.8) is 0 Å². The highest BCUT2D eigenvalue weighted by molar-refractivity contribution is 5.64. The number of hydrogen-bond donors (Lipinski definition) is 0. The number of halogens is 1. The number of hydrogen-bond acceptors (Lipinski definition) is 3. The fourth-order valence-corrected chi connectivity index (χ4v) is 1.24. The number of anilines is 1. The minimum Gasteiger partial charge on any atom is -0.372 e. The Hall–Kier alpha value is -1.65. The van der Waals surface area contributed by atoms with Crippen molar-refractivity contribution in [2.45, 2.75) is 6.92 Å². The predicted molar refractivity (Wildman–Crippen MR) is 52.1 cm³/mol. The minimum atomic E-state index is -0.793. The van der Waals surface area contributed by atoms with Gasteiger partial charge < -0.3 is 4.90 Å². The fourth-order valence-electron chi connectivity index (χ4n) is 1.24. The standard InChI is InChI=1S/C9H11FN2O2/c1-6-4-7(10)9(12(13)14)8(5-6)11(2)3/h4-5H,1-3H3. The monoisotopic (exact) mass is 198 g/mol. The van der Waals surface area contributed by atoms with Gasteiger partial charge in [0.1, 0.15) is 5.69 Å². The van der Waals surface area contributed by atoms with Gasteiger partial charge in [-0.05, 0) is 24.6 Å². The van der Waals surface area contributed by atoms with E-state index < -0.39 is 16.4 Å². The SMILES string of the molecule is Cc1cc(F)c([N+](=O)[O-])c(N(C)C)c1. The molecule has 0 aliphatic heterocycles. The third-order valence-electron chi connectivity index (χ3n) is 1.85. The first-order valence-corrected chi connectivity index (χ1v) is 4.05. The third kappa shape index (κ3) is 1.81. The molecule has 0 saturated heterocycles. The summed E-state index contributed by atoms with van der Waals surface area (Å²) in [6.45, 7) is 1.69. The van der Waals surface area contributed by atoms with Crippen molar-refractivity contribution in [2.24, 2.45) is 0 Å². The van der Waals surface area contributed by atoms with E-state index in [2.05, 4.69) is 0 Å². The average Bonchev–Trinajstić information content (AvgIpc) is 2.01. The first kappa shape index (κ1) is 10.4. The van der Waals surface area contributed by atoms with E-state index in [-0.39, 0.29) is 5.69 Å². The van der Waals surface area contributed by atoms with Gasteiger partial charge >= 0.3 is 5.69 Å².